The lowest BCUT2D eigenvalue weighted by Crippen LogP contribution is -2.13. The number of amides is 1. The summed E-state index contributed by atoms with van der Waals surface area (Å²) in [7, 11) is 0. The number of nitrogens with one attached hydrogen (secondary N) is 1. The van der Waals surface area contributed by atoms with E-state index in [4.69, 9.17) is 27.9 Å². The molecule has 0 saturated carbocycles. The van der Waals surface area contributed by atoms with Crippen molar-refractivity contribution in [3.63, 3.8) is 0 Å². The summed E-state index contributed by atoms with van der Waals surface area (Å²) in [6.07, 6.45) is 5.79. The van der Waals surface area contributed by atoms with Gasteiger partial charge in [-0.15, -0.1) is 0 Å². The first-order valence-electron chi connectivity index (χ1n) is 9.56. The SMILES string of the molecule is CCCCCCOc1c(Cl)cc(/C=C(\C#N)C(=O)Nc2cccc(C)c2)cc1Cl. The monoisotopic (exact) mass is 430 g/mol. The van der Waals surface area contributed by atoms with Gasteiger partial charge in [0.05, 0.1) is 16.7 Å². The van der Waals surface area contributed by atoms with Gasteiger partial charge in [-0.1, -0.05) is 61.5 Å². The van der Waals surface area contributed by atoms with Crippen molar-refractivity contribution in [1.82, 2.24) is 0 Å². The number of aryl methyl sites for hydroxylation is 1. The zero-order valence-corrected chi connectivity index (χ0v) is 18.1. The van der Waals surface area contributed by atoms with Gasteiger partial charge in [0.25, 0.3) is 5.91 Å². The Bertz CT molecular complexity index is 910. The smallest absolute Gasteiger partial charge is 0.266 e. The molecule has 0 fully saturated rings. The lowest BCUT2D eigenvalue weighted by Gasteiger charge is -2.11. The van der Waals surface area contributed by atoms with Crippen LogP contribution in [-0.4, -0.2) is 12.5 Å². The van der Waals surface area contributed by atoms with Crippen molar-refractivity contribution < 1.29 is 9.53 Å². The number of hydrogen-bond donors (Lipinski definition) is 1. The van der Waals surface area contributed by atoms with Crippen LogP contribution >= 0.6 is 23.2 Å². The van der Waals surface area contributed by atoms with Crippen molar-refractivity contribution in [3.05, 3.63) is 63.1 Å². The van der Waals surface area contributed by atoms with Gasteiger partial charge < -0.3 is 10.1 Å². The van der Waals surface area contributed by atoms with Crippen LogP contribution in [0.2, 0.25) is 10.0 Å². The van der Waals surface area contributed by atoms with E-state index in [-0.39, 0.29) is 5.57 Å². The number of carbonyl (C=O) groups is 1. The van der Waals surface area contributed by atoms with E-state index >= 15 is 0 Å². The number of ether oxygens (including phenoxy) is 1. The summed E-state index contributed by atoms with van der Waals surface area (Å²) in [4.78, 5) is 12.4. The van der Waals surface area contributed by atoms with Crippen LogP contribution < -0.4 is 10.1 Å². The van der Waals surface area contributed by atoms with Gasteiger partial charge in [-0.2, -0.15) is 5.26 Å². The highest BCUT2D eigenvalue weighted by atomic mass is 35.5. The first kappa shape index (κ1) is 22.8. The Labute approximate surface area is 182 Å². The maximum Gasteiger partial charge on any atom is 0.266 e. The molecule has 2 aromatic rings. The third kappa shape index (κ3) is 7.12. The van der Waals surface area contributed by atoms with E-state index in [1.165, 1.54) is 6.08 Å². The van der Waals surface area contributed by atoms with Crippen LogP contribution in [-0.2, 0) is 4.79 Å². The summed E-state index contributed by atoms with van der Waals surface area (Å²) in [5, 5.41) is 12.8. The van der Waals surface area contributed by atoms with Gasteiger partial charge in [0.2, 0.25) is 0 Å². The highest BCUT2D eigenvalue weighted by Crippen LogP contribution is 2.35. The molecule has 0 atom stereocenters. The fourth-order valence-electron chi connectivity index (χ4n) is 2.74. The standard InChI is InChI=1S/C23H24Cl2N2O2/c1-3-4-5-6-10-29-22-20(24)13-17(14-21(22)25)12-18(15-26)23(28)27-19-9-7-8-16(2)11-19/h7-9,11-14H,3-6,10H2,1-2H3,(H,27,28)/b18-12+. The lowest BCUT2D eigenvalue weighted by atomic mass is 10.1. The first-order valence-corrected chi connectivity index (χ1v) is 10.3. The lowest BCUT2D eigenvalue weighted by molar-refractivity contribution is -0.112. The molecule has 4 nitrogen and oxygen atoms in total. The summed E-state index contributed by atoms with van der Waals surface area (Å²) >= 11 is 12.6. The molecule has 6 heteroatoms. The molecule has 1 N–H and O–H groups in total. The van der Waals surface area contributed by atoms with Crippen LogP contribution in [0.3, 0.4) is 0 Å². The Morgan fingerprint density at radius 1 is 1.17 bits per heavy atom. The average molecular weight is 431 g/mol. The number of nitrogens with zero attached hydrogens (tertiary/aromatic N) is 1. The molecule has 0 saturated heterocycles. The van der Waals surface area contributed by atoms with Crippen molar-refractivity contribution in [2.75, 3.05) is 11.9 Å². The van der Waals surface area contributed by atoms with E-state index in [0.717, 1.165) is 31.2 Å². The Balaban J connectivity index is 2.12. The van der Waals surface area contributed by atoms with Crippen molar-refractivity contribution in [3.8, 4) is 11.8 Å². The van der Waals surface area contributed by atoms with E-state index in [2.05, 4.69) is 12.2 Å². The fourth-order valence-corrected chi connectivity index (χ4v) is 3.35. The summed E-state index contributed by atoms with van der Waals surface area (Å²) < 4.78 is 5.71. The molecule has 0 aliphatic rings. The molecule has 0 unspecified atom stereocenters. The summed E-state index contributed by atoms with van der Waals surface area (Å²) in [5.41, 5.74) is 2.13. The van der Waals surface area contributed by atoms with Gasteiger partial charge in [-0.3, -0.25) is 4.79 Å². The molecule has 0 aliphatic heterocycles. The molecule has 0 radical (unpaired) electrons. The largest absolute Gasteiger partial charge is 0.490 e. The van der Waals surface area contributed by atoms with Gasteiger partial charge in [0, 0.05) is 5.69 Å². The molecule has 152 valence electrons. The minimum absolute atomic E-state index is 0.0492. The fraction of sp³-hybridized carbons (Fsp3) is 0.304. The molecule has 0 bridgehead atoms. The Kier molecular flexibility index (Phi) is 9.05. The van der Waals surface area contributed by atoms with Gasteiger partial charge in [0.15, 0.2) is 5.75 Å². The molecular weight excluding hydrogens is 407 g/mol. The topological polar surface area (TPSA) is 62.1 Å². The number of halogens is 2. The highest BCUT2D eigenvalue weighted by molar-refractivity contribution is 6.37. The number of carbonyl (C=O) groups excluding carboxylic acids is 1. The second-order valence-electron chi connectivity index (χ2n) is 6.72. The molecule has 29 heavy (non-hydrogen) atoms. The molecule has 2 aromatic carbocycles. The highest BCUT2D eigenvalue weighted by Gasteiger charge is 2.13. The molecule has 2 rings (SSSR count). The number of benzene rings is 2. The predicted octanol–water partition coefficient (Wildman–Crippen LogP) is 6.81. The Morgan fingerprint density at radius 2 is 1.90 bits per heavy atom. The van der Waals surface area contributed by atoms with Crippen molar-refractivity contribution in [2.45, 2.75) is 39.5 Å². The summed E-state index contributed by atoms with van der Waals surface area (Å²) in [5.74, 6) is -0.0775. The number of nitriles is 1. The quantitative estimate of drug-likeness (QED) is 0.270. The molecule has 0 spiro atoms. The maximum atomic E-state index is 12.4. The Hall–Kier alpha value is -2.48. The molecular formula is C23H24Cl2N2O2. The van der Waals surface area contributed by atoms with Crippen LogP contribution in [0.4, 0.5) is 5.69 Å². The van der Waals surface area contributed by atoms with Gasteiger partial charge in [-0.05, 0) is 54.8 Å². The number of rotatable bonds is 9. The van der Waals surface area contributed by atoms with Gasteiger partial charge in [0.1, 0.15) is 11.6 Å². The predicted molar refractivity (Wildman–Crippen MR) is 119 cm³/mol. The van der Waals surface area contributed by atoms with Crippen LogP contribution in [0.5, 0.6) is 5.75 Å². The van der Waals surface area contributed by atoms with Gasteiger partial charge >= 0.3 is 0 Å². The zero-order valence-electron chi connectivity index (χ0n) is 16.6. The van der Waals surface area contributed by atoms with Crippen LogP contribution in [0.25, 0.3) is 6.08 Å². The van der Waals surface area contributed by atoms with E-state index in [1.807, 2.05) is 31.2 Å². The molecule has 1 amide bonds. The van der Waals surface area contributed by atoms with E-state index in [9.17, 15) is 10.1 Å². The van der Waals surface area contributed by atoms with Crippen molar-refractivity contribution in [1.29, 1.82) is 5.26 Å². The summed E-state index contributed by atoms with van der Waals surface area (Å²) in [6, 6.07) is 12.5. The zero-order chi connectivity index (χ0) is 21.2. The third-order valence-electron chi connectivity index (χ3n) is 4.22. The number of unbranched alkanes of at least 4 members (excludes halogenated alkanes) is 3. The number of anilines is 1. The van der Waals surface area contributed by atoms with E-state index in [1.54, 1.807) is 18.2 Å². The maximum absolute atomic E-state index is 12.4. The van der Waals surface area contributed by atoms with Crippen LogP contribution in [0.1, 0.15) is 43.7 Å². The third-order valence-corrected chi connectivity index (χ3v) is 4.78. The van der Waals surface area contributed by atoms with E-state index in [0.29, 0.717) is 33.7 Å². The minimum atomic E-state index is -0.499. The second-order valence-corrected chi connectivity index (χ2v) is 7.53. The number of hydrogen-bond acceptors (Lipinski definition) is 3. The normalized spacial score (nSPS) is 11.1. The van der Waals surface area contributed by atoms with Gasteiger partial charge in [-0.25, -0.2) is 0 Å². The average Bonchev–Trinajstić information content (AvgIpc) is 2.67. The molecule has 0 aromatic heterocycles. The minimum Gasteiger partial charge on any atom is -0.490 e. The van der Waals surface area contributed by atoms with Crippen molar-refractivity contribution >= 4 is 40.9 Å². The molecule has 0 heterocycles. The van der Waals surface area contributed by atoms with Crippen molar-refractivity contribution in [2.24, 2.45) is 0 Å². The summed E-state index contributed by atoms with van der Waals surface area (Å²) in [6.45, 7) is 4.61. The Morgan fingerprint density at radius 3 is 2.52 bits per heavy atom. The van der Waals surface area contributed by atoms with E-state index < -0.39 is 5.91 Å². The van der Waals surface area contributed by atoms with Crippen LogP contribution in [0, 0.1) is 18.3 Å². The molecule has 0 aliphatic carbocycles. The second kappa shape index (κ2) is 11.5. The first-order chi connectivity index (χ1) is 13.9. The van der Waals surface area contributed by atoms with Crippen LogP contribution in [0.15, 0.2) is 42.0 Å².